The van der Waals surface area contributed by atoms with Crippen molar-refractivity contribution in [2.24, 2.45) is 0 Å². The fourth-order valence-corrected chi connectivity index (χ4v) is 4.13. The van der Waals surface area contributed by atoms with Crippen LogP contribution in [0.15, 0.2) is 53.9 Å². The van der Waals surface area contributed by atoms with Gasteiger partial charge >= 0.3 is 11.9 Å². The van der Waals surface area contributed by atoms with E-state index >= 15 is 0 Å². The number of carbonyl (C=O) groups excluding carboxylic acids is 3. The van der Waals surface area contributed by atoms with Gasteiger partial charge in [0.05, 0.1) is 30.5 Å². The Bertz CT molecular complexity index is 1010. The van der Waals surface area contributed by atoms with Crippen LogP contribution in [0.1, 0.15) is 19.8 Å². The highest BCUT2D eigenvalue weighted by Gasteiger charge is 2.28. The number of hydrogen-bond acceptors (Lipinski definition) is 7. The number of nitrogens with zero attached hydrogens (tertiary/aromatic N) is 3. The summed E-state index contributed by atoms with van der Waals surface area (Å²) in [6.07, 6.45) is 7.91. The lowest BCUT2D eigenvalue weighted by molar-refractivity contribution is -0.139. The molecule has 9 heteroatoms. The average Bonchev–Trinajstić information content (AvgIpc) is 3.06. The van der Waals surface area contributed by atoms with Crippen LogP contribution in [0.4, 0.5) is 11.4 Å². The number of amides is 1. The molecule has 0 saturated carbocycles. The summed E-state index contributed by atoms with van der Waals surface area (Å²) in [4.78, 5) is 42.6. The molecule has 0 unspecified atom stereocenters. The number of rotatable bonds is 6. The van der Waals surface area contributed by atoms with Crippen molar-refractivity contribution in [2.45, 2.75) is 19.8 Å². The second-order valence-corrected chi connectivity index (χ2v) is 7.98. The highest BCUT2D eigenvalue weighted by Crippen LogP contribution is 2.34. The fraction of sp³-hybridized carbons (Fsp3) is 0.375. The Balaban J connectivity index is 1.87. The van der Waals surface area contributed by atoms with Crippen LogP contribution in [0.2, 0.25) is 5.02 Å². The van der Waals surface area contributed by atoms with Crippen molar-refractivity contribution in [1.29, 1.82) is 0 Å². The van der Waals surface area contributed by atoms with Crippen molar-refractivity contribution in [2.75, 3.05) is 50.2 Å². The SMILES string of the molecule is CCCC(=O)N1CCN(c2ccc(N3C=CC=CC(C(=O)OC)=C3C(=O)OC)cc2Cl)CC1. The molecule has 1 aromatic carbocycles. The summed E-state index contributed by atoms with van der Waals surface area (Å²) in [7, 11) is 2.50. The van der Waals surface area contributed by atoms with E-state index in [0.717, 1.165) is 12.1 Å². The van der Waals surface area contributed by atoms with Crippen molar-refractivity contribution in [1.82, 2.24) is 4.90 Å². The average molecular weight is 474 g/mol. The van der Waals surface area contributed by atoms with Crippen molar-refractivity contribution in [3.63, 3.8) is 0 Å². The van der Waals surface area contributed by atoms with E-state index in [1.807, 2.05) is 24.0 Å². The first-order valence-electron chi connectivity index (χ1n) is 10.8. The van der Waals surface area contributed by atoms with E-state index in [2.05, 4.69) is 4.90 Å². The van der Waals surface area contributed by atoms with Crippen LogP contribution in [0, 0.1) is 0 Å². The molecule has 2 aliphatic heterocycles. The third-order valence-electron chi connectivity index (χ3n) is 5.54. The van der Waals surface area contributed by atoms with Crippen molar-refractivity contribution in [3.8, 4) is 0 Å². The predicted octanol–water partition coefficient (Wildman–Crippen LogP) is 3.28. The van der Waals surface area contributed by atoms with Crippen LogP contribution in [0.25, 0.3) is 0 Å². The molecule has 2 heterocycles. The highest BCUT2D eigenvalue weighted by molar-refractivity contribution is 6.33. The van der Waals surface area contributed by atoms with Gasteiger partial charge in [-0.05, 0) is 36.8 Å². The number of ether oxygens (including phenoxy) is 2. The summed E-state index contributed by atoms with van der Waals surface area (Å²) in [5, 5.41) is 0.496. The standard InChI is InChI=1S/C24H28ClN3O5/c1-4-7-21(29)27-14-12-26(13-15-27)20-10-9-17(16-19(20)25)28-11-6-5-8-18(23(30)32-2)22(28)24(31)33-3/h5-6,8-11,16H,4,7,12-15H2,1-3H3. The van der Waals surface area contributed by atoms with E-state index in [0.29, 0.717) is 43.3 Å². The van der Waals surface area contributed by atoms with E-state index in [4.69, 9.17) is 21.1 Å². The summed E-state index contributed by atoms with van der Waals surface area (Å²) in [5.74, 6) is -1.15. The fourth-order valence-electron chi connectivity index (χ4n) is 3.84. The van der Waals surface area contributed by atoms with Gasteiger partial charge in [-0.2, -0.15) is 0 Å². The number of carbonyl (C=O) groups is 3. The maximum atomic E-state index is 12.6. The van der Waals surface area contributed by atoms with Gasteiger partial charge in [-0.3, -0.25) is 4.79 Å². The summed E-state index contributed by atoms with van der Waals surface area (Å²) in [5.41, 5.74) is 1.53. The van der Waals surface area contributed by atoms with Crippen molar-refractivity contribution >= 4 is 40.8 Å². The van der Waals surface area contributed by atoms with Crippen molar-refractivity contribution < 1.29 is 23.9 Å². The van der Waals surface area contributed by atoms with Gasteiger partial charge in [0.2, 0.25) is 5.91 Å². The van der Waals surface area contributed by atoms with Gasteiger partial charge in [-0.1, -0.05) is 24.6 Å². The summed E-state index contributed by atoms with van der Waals surface area (Å²) >= 11 is 6.65. The Hall–Kier alpha value is -3.26. The maximum absolute atomic E-state index is 12.6. The van der Waals surface area contributed by atoms with Crippen LogP contribution in [0.5, 0.6) is 0 Å². The molecule has 3 rings (SSSR count). The number of methoxy groups -OCH3 is 2. The largest absolute Gasteiger partial charge is 0.465 e. The molecular weight excluding hydrogens is 446 g/mol. The summed E-state index contributed by atoms with van der Waals surface area (Å²) in [6, 6.07) is 5.43. The summed E-state index contributed by atoms with van der Waals surface area (Å²) < 4.78 is 9.78. The molecule has 1 fully saturated rings. The molecule has 8 nitrogen and oxygen atoms in total. The zero-order chi connectivity index (χ0) is 24.0. The Morgan fingerprint density at radius 3 is 2.30 bits per heavy atom. The van der Waals surface area contributed by atoms with Gasteiger partial charge in [0.25, 0.3) is 0 Å². The second-order valence-electron chi connectivity index (χ2n) is 7.57. The molecule has 176 valence electrons. The van der Waals surface area contributed by atoms with E-state index < -0.39 is 11.9 Å². The lowest BCUT2D eigenvalue weighted by Crippen LogP contribution is -2.48. The van der Waals surface area contributed by atoms with Gasteiger partial charge < -0.3 is 24.2 Å². The molecule has 1 saturated heterocycles. The molecule has 1 aromatic rings. The summed E-state index contributed by atoms with van der Waals surface area (Å²) in [6.45, 7) is 4.66. The zero-order valence-electron chi connectivity index (χ0n) is 19.0. The number of hydrogen-bond donors (Lipinski definition) is 0. The van der Waals surface area contributed by atoms with Gasteiger partial charge in [0.1, 0.15) is 5.70 Å². The molecule has 0 atom stereocenters. The molecule has 33 heavy (non-hydrogen) atoms. The first-order chi connectivity index (χ1) is 15.9. The van der Waals surface area contributed by atoms with E-state index in [1.54, 1.807) is 29.3 Å². The molecule has 0 radical (unpaired) electrons. The van der Waals surface area contributed by atoms with E-state index in [-0.39, 0.29) is 17.2 Å². The minimum absolute atomic E-state index is 0.0289. The topological polar surface area (TPSA) is 79.4 Å². The Kier molecular flexibility index (Phi) is 8.16. The minimum atomic E-state index is -0.681. The molecule has 0 spiro atoms. The molecule has 0 aliphatic carbocycles. The second kappa shape index (κ2) is 11.0. The van der Waals surface area contributed by atoms with Crippen LogP contribution < -0.4 is 9.80 Å². The van der Waals surface area contributed by atoms with Crippen LogP contribution in [-0.4, -0.2) is 63.1 Å². The Morgan fingerprint density at radius 1 is 1.00 bits per heavy atom. The van der Waals surface area contributed by atoms with Crippen LogP contribution in [-0.2, 0) is 23.9 Å². The Morgan fingerprint density at radius 2 is 1.70 bits per heavy atom. The third-order valence-corrected chi connectivity index (χ3v) is 5.84. The number of anilines is 2. The number of allylic oxidation sites excluding steroid dienone is 2. The molecule has 2 aliphatic rings. The third kappa shape index (κ3) is 5.39. The zero-order valence-corrected chi connectivity index (χ0v) is 19.8. The molecular formula is C24H28ClN3O5. The van der Waals surface area contributed by atoms with Crippen LogP contribution >= 0.6 is 11.6 Å². The maximum Gasteiger partial charge on any atom is 0.355 e. The van der Waals surface area contributed by atoms with Gasteiger partial charge in [0.15, 0.2) is 0 Å². The van der Waals surface area contributed by atoms with Gasteiger partial charge in [-0.25, -0.2) is 9.59 Å². The quantitative estimate of drug-likeness (QED) is 0.586. The first-order valence-corrected chi connectivity index (χ1v) is 11.2. The minimum Gasteiger partial charge on any atom is -0.465 e. The predicted molar refractivity (Wildman–Crippen MR) is 127 cm³/mol. The lowest BCUT2D eigenvalue weighted by atomic mass is 10.1. The van der Waals surface area contributed by atoms with Crippen molar-refractivity contribution in [3.05, 3.63) is 58.9 Å². The van der Waals surface area contributed by atoms with E-state index in [1.165, 1.54) is 20.3 Å². The molecule has 0 bridgehead atoms. The first kappa shape index (κ1) is 24.4. The lowest BCUT2D eigenvalue weighted by Gasteiger charge is -2.36. The molecule has 0 aromatic heterocycles. The normalized spacial score (nSPS) is 16.1. The Labute approximate surface area is 198 Å². The molecule has 0 N–H and O–H groups in total. The monoisotopic (exact) mass is 473 g/mol. The molecule has 1 amide bonds. The number of piperazine rings is 1. The van der Waals surface area contributed by atoms with E-state index in [9.17, 15) is 14.4 Å². The number of benzene rings is 1. The smallest absolute Gasteiger partial charge is 0.355 e. The number of esters is 2. The van der Waals surface area contributed by atoms with Crippen LogP contribution in [0.3, 0.4) is 0 Å². The number of halogens is 1. The highest BCUT2D eigenvalue weighted by atomic mass is 35.5. The van der Waals surface area contributed by atoms with Gasteiger partial charge in [-0.15, -0.1) is 0 Å². The van der Waals surface area contributed by atoms with Gasteiger partial charge in [0, 0.05) is 44.5 Å².